The summed E-state index contributed by atoms with van der Waals surface area (Å²) in [5.41, 5.74) is 2.37. The van der Waals surface area contributed by atoms with Crippen LogP contribution in [-0.4, -0.2) is 29.9 Å². The fourth-order valence-corrected chi connectivity index (χ4v) is 2.26. The highest BCUT2D eigenvalue weighted by molar-refractivity contribution is 5.44. The first-order valence-corrected chi connectivity index (χ1v) is 7.02. The molecule has 2 heterocycles. The Morgan fingerprint density at radius 3 is 2.90 bits per heavy atom. The van der Waals surface area contributed by atoms with Gasteiger partial charge in [0.2, 0.25) is 5.89 Å². The molecule has 0 saturated carbocycles. The quantitative estimate of drug-likeness (QED) is 0.907. The number of rotatable bonds is 5. The number of nitrogens with zero attached hydrogens (tertiary/aromatic N) is 2. The van der Waals surface area contributed by atoms with Crippen LogP contribution in [0.2, 0.25) is 0 Å². The molecule has 1 N–H and O–H groups in total. The maximum Gasteiger partial charge on any atom is 0.228 e. The SMILES string of the molecule is Cc1ccc(NCCc2nc(C3CCOC3)no2)cc1. The van der Waals surface area contributed by atoms with Crippen LogP contribution in [0, 0.1) is 6.92 Å². The number of ether oxygens (including phenoxy) is 1. The van der Waals surface area contributed by atoms with Crippen molar-refractivity contribution in [3.05, 3.63) is 41.5 Å². The van der Waals surface area contributed by atoms with E-state index in [0.29, 0.717) is 18.4 Å². The molecule has 0 aliphatic carbocycles. The van der Waals surface area contributed by atoms with Gasteiger partial charge in [-0.25, -0.2) is 0 Å². The van der Waals surface area contributed by atoms with Crippen LogP contribution in [-0.2, 0) is 11.2 Å². The van der Waals surface area contributed by atoms with Crippen LogP contribution in [0.1, 0.15) is 29.6 Å². The molecule has 106 valence electrons. The normalized spacial score (nSPS) is 18.4. The third kappa shape index (κ3) is 3.17. The Bertz CT molecular complexity index is 545. The highest BCUT2D eigenvalue weighted by Gasteiger charge is 2.22. The smallest absolute Gasteiger partial charge is 0.228 e. The van der Waals surface area contributed by atoms with Crippen molar-refractivity contribution >= 4 is 5.69 Å². The summed E-state index contributed by atoms with van der Waals surface area (Å²) < 4.78 is 10.6. The molecule has 1 atom stereocenters. The highest BCUT2D eigenvalue weighted by atomic mass is 16.5. The van der Waals surface area contributed by atoms with Crippen LogP contribution in [0.3, 0.4) is 0 Å². The molecule has 1 aliphatic heterocycles. The Balaban J connectivity index is 1.49. The number of aromatic nitrogens is 2. The second-order valence-electron chi connectivity index (χ2n) is 5.15. The number of anilines is 1. The van der Waals surface area contributed by atoms with Crippen LogP contribution in [0.25, 0.3) is 0 Å². The largest absolute Gasteiger partial charge is 0.385 e. The lowest BCUT2D eigenvalue weighted by atomic mass is 10.1. The summed E-state index contributed by atoms with van der Waals surface area (Å²) in [4.78, 5) is 4.44. The highest BCUT2D eigenvalue weighted by Crippen LogP contribution is 2.22. The van der Waals surface area contributed by atoms with E-state index in [-0.39, 0.29) is 0 Å². The second-order valence-corrected chi connectivity index (χ2v) is 5.15. The van der Waals surface area contributed by atoms with Crippen LogP contribution >= 0.6 is 0 Å². The molecule has 5 nitrogen and oxygen atoms in total. The second kappa shape index (κ2) is 6.05. The molecule has 20 heavy (non-hydrogen) atoms. The molecule has 0 amide bonds. The first-order valence-electron chi connectivity index (χ1n) is 7.02. The molecule has 2 aromatic rings. The first-order chi connectivity index (χ1) is 9.81. The molecular formula is C15H19N3O2. The Hall–Kier alpha value is -1.88. The maximum absolute atomic E-state index is 5.34. The zero-order chi connectivity index (χ0) is 13.8. The van der Waals surface area contributed by atoms with Crippen molar-refractivity contribution in [3.8, 4) is 0 Å². The van der Waals surface area contributed by atoms with Gasteiger partial charge in [-0.2, -0.15) is 4.98 Å². The van der Waals surface area contributed by atoms with Gasteiger partial charge in [0.05, 0.1) is 6.61 Å². The van der Waals surface area contributed by atoms with Crippen LogP contribution < -0.4 is 5.32 Å². The molecular weight excluding hydrogens is 254 g/mol. The first kappa shape index (κ1) is 13.1. The van der Waals surface area contributed by atoms with E-state index in [2.05, 4.69) is 46.6 Å². The number of hydrogen-bond acceptors (Lipinski definition) is 5. The van der Waals surface area contributed by atoms with Crippen molar-refractivity contribution in [2.45, 2.75) is 25.7 Å². The van der Waals surface area contributed by atoms with E-state index in [1.54, 1.807) is 0 Å². The van der Waals surface area contributed by atoms with Crippen molar-refractivity contribution in [3.63, 3.8) is 0 Å². The summed E-state index contributed by atoms with van der Waals surface area (Å²) in [7, 11) is 0. The summed E-state index contributed by atoms with van der Waals surface area (Å²) in [6, 6.07) is 8.33. The molecule has 1 fully saturated rings. The van der Waals surface area contributed by atoms with Crippen molar-refractivity contribution in [1.29, 1.82) is 0 Å². The number of aryl methyl sites for hydroxylation is 1. The van der Waals surface area contributed by atoms with Crippen LogP contribution in [0.15, 0.2) is 28.8 Å². The monoisotopic (exact) mass is 273 g/mol. The van der Waals surface area contributed by atoms with Gasteiger partial charge in [0.15, 0.2) is 5.82 Å². The predicted octanol–water partition coefficient (Wildman–Crippen LogP) is 2.54. The average molecular weight is 273 g/mol. The molecule has 3 rings (SSSR count). The Morgan fingerprint density at radius 2 is 2.15 bits per heavy atom. The molecule has 5 heteroatoms. The molecule has 1 unspecified atom stereocenters. The molecule has 1 saturated heterocycles. The summed E-state index contributed by atoms with van der Waals surface area (Å²) in [6.07, 6.45) is 1.72. The minimum absolute atomic E-state index is 0.303. The molecule has 0 spiro atoms. The van der Waals surface area contributed by atoms with Crippen molar-refractivity contribution in [1.82, 2.24) is 10.1 Å². The van der Waals surface area contributed by atoms with Gasteiger partial charge in [-0.15, -0.1) is 0 Å². The van der Waals surface area contributed by atoms with E-state index in [1.807, 2.05) is 0 Å². The topological polar surface area (TPSA) is 60.2 Å². The van der Waals surface area contributed by atoms with Gasteiger partial charge < -0.3 is 14.6 Å². The summed E-state index contributed by atoms with van der Waals surface area (Å²) in [5.74, 6) is 1.77. The summed E-state index contributed by atoms with van der Waals surface area (Å²) in [6.45, 7) is 4.37. The van der Waals surface area contributed by atoms with Gasteiger partial charge in [0.25, 0.3) is 0 Å². The molecule has 0 radical (unpaired) electrons. The minimum Gasteiger partial charge on any atom is -0.385 e. The van der Waals surface area contributed by atoms with E-state index in [0.717, 1.165) is 37.5 Å². The summed E-state index contributed by atoms with van der Waals surface area (Å²) >= 11 is 0. The molecule has 1 aromatic carbocycles. The molecule has 0 bridgehead atoms. The van der Waals surface area contributed by atoms with E-state index in [1.165, 1.54) is 5.56 Å². The zero-order valence-corrected chi connectivity index (χ0v) is 11.6. The number of nitrogens with one attached hydrogen (secondary N) is 1. The van der Waals surface area contributed by atoms with E-state index < -0.39 is 0 Å². The Kier molecular flexibility index (Phi) is 3.97. The van der Waals surface area contributed by atoms with Gasteiger partial charge in [-0.1, -0.05) is 22.9 Å². The van der Waals surface area contributed by atoms with Crippen molar-refractivity contribution < 1.29 is 9.26 Å². The van der Waals surface area contributed by atoms with Gasteiger partial charge in [0.1, 0.15) is 0 Å². The van der Waals surface area contributed by atoms with Gasteiger partial charge in [0, 0.05) is 31.2 Å². The van der Waals surface area contributed by atoms with Crippen LogP contribution in [0.4, 0.5) is 5.69 Å². The third-order valence-electron chi connectivity index (χ3n) is 3.50. The van der Waals surface area contributed by atoms with Crippen molar-refractivity contribution in [2.75, 3.05) is 25.1 Å². The fraction of sp³-hybridized carbons (Fsp3) is 0.467. The lowest BCUT2D eigenvalue weighted by Gasteiger charge is -2.04. The Labute approximate surface area is 118 Å². The van der Waals surface area contributed by atoms with Gasteiger partial charge in [-0.05, 0) is 25.5 Å². The van der Waals surface area contributed by atoms with Crippen LogP contribution in [0.5, 0.6) is 0 Å². The predicted molar refractivity (Wildman–Crippen MR) is 75.8 cm³/mol. The van der Waals surface area contributed by atoms with Gasteiger partial charge >= 0.3 is 0 Å². The number of hydrogen-bond donors (Lipinski definition) is 1. The average Bonchev–Trinajstić information content (AvgIpc) is 3.11. The maximum atomic E-state index is 5.34. The Morgan fingerprint density at radius 1 is 1.30 bits per heavy atom. The molecule has 1 aliphatic rings. The van der Waals surface area contributed by atoms with Gasteiger partial charge in [-0.3, -0.25) is 0 Å². The fourth-order valence-electron chi connectivity index (χ4n) is 2.26. The van der Waals surface area contributed by atoms with E-state index in [4.69, 9.17) is 9.26 Å². The minimum atomic E-state index is 0.303. The standard InChI is InChI=1S/C15H19N3O2/c1-11-2-4-13(5-3-11)16-8-6-14-17-15(18-20-14)12-7-9-19-10-12/h2-5,12,16H,6-10H2,1H3. The zero-order valence-electron chi connectivity index (χ0n) is 11.6. The lowest BCUT2D eigenvalue weighted by molar-refractivity contribution is 0.192. The number of benzene rings is 1. The van der Waals surface area contributed by atoms with E-state index in [9.17, 15) is 0 Å². The van der Waals surface area contributed by atoms with Crippen molar-refractivity contribution in [2.24, 2.45) is 0 Å². The summed E-state index contributed by atoms with van der Waals surface area (Å²) in [5, 5.41) is 7.39. The lowest BCUT2D eigenvalue weighted by Crippen LogP contribution is -2.05. The third-order valence-corrected chi connectivity index (χ3v) is 3.50. The molecule has 1 aromatic heterocycles. The van der Waals surface area contributed by atoms with E-state index >= 15 is 0 Å².